The van der Waals surface area contributed by atoms with Gasteiger partial charge in [0, 0.05) is 0 Å². The number of alkyl halides is 3. The van der Waals surface area contributed by atoms with Gasteiger partial charge in [0.15, 0.2) is 9.84 Å². The van der Waals surface area contributed by atoms with Crippen LogP contribution in [0.15, 0.2) is 17.0 Å². The summed E-state index contributed by atoms with van der Waals surface area (Å²) in [5.74, 6) is -2.05. The van der Waals surface area contributed by atoms with Crippen molar-refractivity contribution in [2.45, 2.75) is 30.5 Å². The Morgan fingerprint density at radius 1 is 1.20 bits per heavy atom. The normalized spacial score (nSPS) is 14.2. The molecule has 0 bridgehead atoms. The van der Waals surface area contributed by atoms with Crippen LogP contribution in [-0.4, -0.2) is 47.5 Å². The summed E-state index contributed by atoms with van der Waals surface area (Å²) in [6.07, 6.45) is -5.21. The van der Waals surface area contributed by atoms with Crippen LogP contribution in [0, 0.1) is 0 Å². The maximum absolute atomic E-state index is 12.6. The number of amides is 1. The van der Waals surface area contributed by atoms with Gasteiger partial charge in [0.05, 0.1) is 26.4 Å². The highest BCUT2D eigenvalue weighted by Gasteiger charge is 2.55. The molecule has 1 rings (SSSR count). The van der Waals surface area contributed by atoms with Crippen LogP contribution in [0.25, 0.3) is 0 Å². The number of nitrogens with one attached hydrogen (secondary N) is 1. The molecule has 1 amide bonds. The maximum Gasteiger partial charge on any atom is 0.426 e. The fraction of sp³-hybridized carbons (Fsp3) is 0.417. The van der Waals surface area contributed by atoms with Crippen molar-refractivity contribution in [1.29, 1.82) is 0 Å². The molecule has 0 aromatic heterocycles. The Morgan fingerprint density at radius 2 is 1.68 bits per heavy atom. The summed E-state index contributed by atoms with van der Waals surface area (Å²) in [5, 5.41) is 22.1. The fourth-order valence-corrected chi connectivity index (χ4v) is 3.14. The monoisotopic (exact) mass is 427 g/mol. The quantitative estimate of drug-likeness (QED) is 0.432. The van der Waals surface area contributed by atoms with Crippen molar-refractivity contribution < 1.29 is 42.0 Å². The first-order valence-electron chi connectivity index (χ1n) is 6.27. The first-order chi connectivity index (χ1) is 11.3. The van der Waals surface area contributed by atoms with Gasteiger partial charge in [-0.25, -0.2) is 8.42 Å². The third kappa shape index (κ3) is 5.19. The molecular weight excluding hydrogens is 414 g/mol. The topological polar surface area (TPSA) is 124 Å². The number of benzene rings is 1. The SMILES string of the molecule is CCS(=O)(=O)c1ccc(NC(=O)C(C)(O)C(F)(F)F)c(Cl)c1Cl.OO. The second kappa shape index (κ2) is 8.52. The molecule has 1 aromatic carbocycles. The largest absolute Gasteiger partial charge is 0.426 e. The molecule has 7 nitrogen and oxygen atoms in total. The zero-order chi connectivity index (χ0) is 20.2. The Hall–Kier alpha value is -1.11. The average Bonchev–Trinajstić information content (AvgIpc) is 2.52. The molecule has 0 aliphatic carbocycles. The van der Waals surface area contributed by atoms with Gasteiger partial charge >= 0.3 is 6.18 Å². The van der Waals surface area contributed by atoms with Crippen LogP contribution in [0.3, 0.4) is 0 Å². The third-order valence-electron chi connectivity index (χ3n) is 3.00. The zero-order valence-corrected chi connectivity index (χ0v) is 15.1. The number of anilines is 1. The predicted molar refractivity (Wildman–Crippen MR) is 84.8 cm³/mol. The van der Waals surface area contributed by atoms with Crippen LogP contribution >= 0.6 is 23.2 Å². The van der Waals surface area contributed by atoms with Crippen molar-refractivity contribution in [2.75, 3.05) is 11.1 Å². The molecule has 0 saturated heterocycles. The molecule has 0 spiro atoms. The number of carbonyl (C=O) groups is 1. The molecule has 0 saturated carbocycles. The molecule has 13 heteroatoms. The van der Waals surface area contributed by atoms with Gasteiger partial charge in [-0.05, 0) is 19.1 Å². The summed E-state index contributed by atoms with van der Waals surface area (Å²) < 4.78 is 61.3. The smallest absolute Gasteiger partial charge is 0.373 e. The number of carbonyl (C=O) groups excluding carboxylic acids is 1. The molecule has 4 N–H and O–H groups in total. The summed E-state index contributed by atoms with van der Waals surface area (Å²) in [6.45, 7) is 1.64. The van der Waals surface area contributed by atoms with Gasteiger partial charge in [-0.15, -0.1) is 0 Å². The van der Waals surface area contributed by atoms with Crippen LogP contribution in [-0.2, 0) is 14.6 Å². The van der Waals surface area contributed by atoms with E-state index in [0.29, 0.717) is 0 Å². The molecular formula is C12H14Cl2F3NO6S. The number of rotatable bonds is 4. The number of sulfone groups is 1. The van der Waals surface area contributed by atoms with Gasteiger partial charge in [0.25, 0.3) is 5.91 Å². The number of aliphatic hydroxyl groups is 1. The van der Waals surface area contributed by atoms with E-state index in [-0.39, 0.29) is 23.3 Å². The van der Waals surface area contributed by atoms with Crippen LogP contribution in [0.1, 0.15) is 13.8 Å². The second-order valence-electron chi connectivity index (χ2n) is 4.67. The molecule has 0 aliphatic rings. The van der Waals surface area contributed by atoms with E-state index in [4.69, 9.17) is 33.7 Å². The van der Waals surface area contributed by atoms with Crippen LogP contribution in [0.4, 0.5) is 18.9 Å². The van der Waals surface area contributed by atoms with Gasteiger partial charge in [0.2, 0.25) is 5.60 Å². The van der Waals surface area contributed by atoms with Gasteiger partial charge < -0.3 is 10.4 Å². The van der Waals surface area contributed by atoms with Crippen LogP contribution < -0.4 is 5.32 Å². The first kappa shape index (κ1) is 23.9. The lowest BCUT2D eigenvalue weighted by Gasteiger charge is -2.25. The highest BCUT2D eigenvalue weighted by molar-refractivity contribution is 7.91. The first-order valence-corrected chi connectivity index (χ1v) is 8.67. The number of hydrogen-bond donors (Lipinski definition) is 4. The van der Waals surface area contributed by atoms with E-state index < -0.39 is 37.6 Å². The van der Waals surface area contributed by atoms with E-state index in [9.17, 15) is 31.5 Å². The Bertz CT molecular complexity index is 737. The van der Waals surface area contributed by atoms with E-state index >= 15 is 0 Å². The van der Waals surface area contributed by atoms with E-state index in [1.807, 2.05) is 0 Å². The minimum Gasteiger partial charge on any atom is -0.373 e. The minimum absolute atomic E-state index is 0.266. The Balaban J connectivity index is 0.00000277. The van der Waals surface area contributed by atoms with E-state index in [1.165, 1.54) is 6.92 Å². The molecule has 0 aliphatic heterocycles. The summed E-state index contributed by atoms with van der Waals surface area (Å²) in [6, 6.07) is 1.99. The van der Waals surface area contributed by atoms with E-state index in [0.717, 1.165) is 12.1 Å². The van der Waals surface area contributed by atoms with E-state index in [1.54, 1.807) is 5.32 Å². The van der Waals surface area contributed by atoms with Crippen LogP contribution in [0.5, 0.6) is 0 Å². The number of hydrogen-bond acceptors (Lipinski definition) is 6. The highest BCUT2D eigenvalue weighted by atomic mass is 35.5. The molecule has 1 atom stereocenters. The predicted octanol–water partition coefficient (Wildman–Crippen LogP) is 3.06. The molecule has 1 aromatic rings. The summed E-state index contributed by atoms with van der Waals surface area (Å²) >= 11 is 11.6. The second-order valence-corrected chi connectivity index (χ2v) is 7.67. The Kier molecular flexibility index (Phi) is 8.14. The average molecular weight is 428 g/mol. The summed E-state index contributed by atoms with van der Waals surface area (Å²) in [4.78, 5) is 11.3. The standard InChI is InChI=1S/C12H12Cl2F3NO4S.H2O2/c1-3-23(21,22)7-5-4-6(8(13)9(7)14)18-10(19)11(2,20)12(15,16)17;1-2/h4-5,20H,3H2,1-2H3,(H,18,19);1-2H. The van der Waals surface area contributed by atoms with Crippen molar-refractivity contribution in [3.8, 4) is 0 Å². The van der Waals surface area contributed by atoms with Crippen LogP contribution in [0.2, 0.25) is 10.0 Å². The van der Waals surface area contributed by atoms with Gasteiger partial charge in [-0.2, -0.15) is 13.2 Å². The number of halogens is 5. The minimum atomic E-state index is -5.21. The van der Waals surface area contributed by atoms with Gasteiger partial charge in [-0.1, -0.05) is 30.1 Å². The lowest BCUT2D eigenvalue weighted by Crippen LogP contribution is -2.52. The summed E-state index contributed by atoms with van der Waals surface area (Å²) in [5.41, 5.74) is -4.02. The molecule has 0 radical (unpaired) electrons. The molecule has 25 heavy (non-hydrogen) atoms. The highest BCUT2D eigenvalue weighted by Crippen LogP contribution is 2.37. The zero-order valence-electron chi connectivity index (χ0n) is 12.7. The lowest BCUT2D eigenvalue weighted by atomic mass is 10.1. The molecule has 144 valence electrons. The van der Waals surface area contributed by atoms with Crippen molar-refractivity contribution in [1.82, 2.24) is 0 Å². The molecule has 0 fully saturated rings. The van der Waals surface area contributed by atoms with Crippen molar-refractivity contribution in [2.24, 2.45) is 0 Å². The van der Waals surface area contributed by atoms with Crippen molar-refractivity contribution >= 4 is 44.6 Å². The van der Waals surface area contributed by atoms with Gasteiger partial charge in [0.1, 0.15) is 0 Å². The fourth-order valence-electron chi connectivity index (χ4n) is 1.40. The van der Waals surface area contributed by atoms with E-state index in [2.05, 4.69) is 0 Å². The molecule has 0 heterocycles. The lowest BCUT2D eigenvalue weighted by molar-refractivity contribution is -0.242. The van der Waals surface area contributed by atoms with Gasteiger partial charge in [-0.3, -0.25) is 15.3 Å². The summed E-state index contributed by atoms with van der Waals surface area (Å²) in [7, 11) is -3.71. The van der Waals surface area contributed by atoms with Crippen molar-refractivity contribution in [3.63, 3.8) is 0 Å². The molecule has 1 unspecified atom stereocenters. The Labute approximate surface area is 150 Å². The third-order valence-corrected chi connectivity index (χ3v) is 5.77. The maximum atomic E-state index is 12.6. The Morgan fingerprint density at radius 3 is 2.08 bits per heavy atom. The van der Waals surface area contributed by atoms with Crippen molar-refractivity contribution in [3.05, 3.63) is 22.2 Å².